The second-order valence-corrected chi connectivity index (χ2v) is 7.73. The quantitative estimate of drug-likeness (QED) is 0.451. The number of thiophene rings is 1. The number of hydrogen-bond acceptors (Lipinski definition) is 5. The normalized spacial score (nSPS) is 11.1. The van der Waals surface area contributed by atoms with Crippen LogP contribution in [0.2, 0.25) is 0 Å². The van der Waals surface area contributed by atoms with Crippen LogP contribution in [0, 0.1) is 6.92 Å². The van der Waals surface area contributed by atoms with Gasteiger partial charge in [0.2, 0.25) is 0 Å². The Morgan fingerprint density at radius 2 is 1.79 bits per heavy atom. The number of fused-ring (bicyclic) bond motifs is 1. The lowest BCUT2D eigenvalue weighted by atomic mass is 10.2. The molecule has 5 aromatic rings. The third-order valence-electron chi connectivity index (χ3n) is 4.67. The van der Waals surface area contributed by atoms with Crippen molar-refractivity contribution in [3.63, 3.8) is 0 Å². The van der Waals surface area contributed by atoms with Gasteiger partial charge in [-0.2, -0.15) is 0 Å². The van der Waals surface area contributed by atoms with E-state index >= 15 is 0 Å². The van der Waals surface area contributed by atoms with Gasteiger partial charge in [0.1, 0.15) is 6.33 Å². The van der Waals surface area contributed by atoms with E-state index < -0.39 is 0 Å². The number of aromatic nitrogens is 4. The van der Waals surface area contributed by atoms with Crippen molar-refractivity contribution in [3.8, 4) is 16.1 Å². The molecule has 0 atom stereocenters. The Morgan fingerprint density at radius 1 is 1.00 bits per heavy atom. The zero-order valence-electron chi connectivity index (χ0n) is 15.6. The molecule has 7 heteroatoms. The lowest BCUT2D eigenvalue weighted by Crippen LogP contribution is -2.04. The summed E-state index contributed by atoms with van der Waals surface area (Å²) in [6.07, 6.45) is 1.58. The molecule has 29 heavy (non-hydrogen) atoms. The first-order valence-electron chi connectivity index (χ1n) is 9.13. The molecule has 0 saturated heterocycles. The summed E-state index contributed by atoms with van der Waals surface area (Å²) in [5, 5.41) is 6.18. The zero-order chi connectivity index (χ0) is 19.8. The van der Waals surface area contributed by atoms with Gasteiger partial charge in [0.25, 0.3) is 5.56 Å². The van der Waals surface area contributed by atoms with Gasteiger partial charge >= 0.3 is 0 Å². The summed E-state index contributed by atoms with van der Waals surface area (Å²) < 4.78 is 2.78. The molecule has 5 rings (SSSR count). The van der Waals surface area contributed by atoms with E-state index in [1.807, 2.05) is 49.4 Å². The van der Waals surface area contributed by atoms with Crippen molar-refractivity contribution >= 4 is 33.1 Å². The topological polar surface area (TPSA) is 75.6 Å². The fraction of sp³-hybridized carbons (Fsp3) is 0.0455. The number of aromatic amines is 1. The van der Waals surface area contributed by atoms with Gasteiger partial charge < -0.3 is 5.32 Å². The molecule has 0 aliphatic rings. The third kappa shape index (κ3) is 3.32. The fourth-order valence-corrected chi connectivity index (χ4v) is 4.33. The first-order chi connectivity index (χ1) is 14.2. The van der Waals surface area contributed by atoms with Gasteiger partial charge in [0, 0.05) is 22.3 Å². The molecule has 0 aliphatic carbocycles. The molecule has 6 nitrogen and oxygen atoms in total. The Kier molecular flexibility index (Phi) is 4.22. The molecule has 0 aliphatic heterocycles. The minimum Gasteiger partial charge on any atom is -0.339 e. The fourth-order valence-electron chi connectivity index (χ4n) is 3.27. The SMILES string of the molecule is Cc1cc(=O)[nH]n1-c1ccc(Nc2ncnc3cc(-c4ccccc4)sc23)cc1. The Morgan fingerprint density at radius 3 is 2.52 bits per heavy atom. The van der Waals surface area contributed by atoms with Crippen LogP contribution in [0.4, 0.5) is 11.5 Å². The minimum atomic E-state index is -0.111. The predicted molar refractivity (Wildman–Crippen MR) is 117 cm³/mol. The van der Waals surface area contributed by atoms with Crippen LogP contribution in [0.25, 0.3) is 26.3 Å². The molecular weight excluding hydrogens is 382 g/mol. The number of anilines is 2. The van der Waals surface area contributed by atoms with Crippen LogP contribution in [0.1, 0.15) is 5.69 Å². The predicted octanol–water partition coefficient (Wildman–Crippen LogP) is 4.89. The number of rotatable bonds is 4. The minimum absolute atomic E-state index is 0.111. The molecule has 0 fully saturated rings. The lowest BCUT2D eigenvalue weighted by Gasteiger charge is -2.09. The highest BCUT2D eigenvalue weighted by molar-refractivity contribution is 7.22. The smallest absolute Gasteiger partial charge is 0.264 e. The molecule has 0 radical (unpaired) electrons. The van der Waals surface area contributed by atoms with Crippen LogP contribution in [0.15, 0.2) is 77.9 Å². The summed E-state index contributed by atoms with van der Waals surface area (Å²) >= 11 is 1.67. The monoisotopic (exact) mass is 399 g/mol. The largest absolute Gasteiger partial charge is 0.339 e. The maximum Gasteiger partial charge on any atom is 0.264 e. The standard InChI is InChI=1S/C22H17N5OS/c1-14-11-20(28)26-27(14)17-9-7-16(8-10-17)25-22-21-18(23-13-24-22)12-19(29-21)15-5-3-2-4-6-15/h2-13H,1H3,(H,26,28)(H,23,24,25). The number of hydrogen-bond donors (Lipinski definition) is 2. The molecule has 0 bridgehead atoms. The van der Waals surface area contributed by atoms with Gasteiger partial charge in [0.05, 0.1) is 15.9 Å². The number of nitrogens with one attached hydrogen (secondary N) is 2. The van der Waals surface area contributed by atoms with E-state index in [1.165, 1.54) is 5.56 Å². The Bertz CT molecular complexity index is 1350. The van der Waals surface area contributed by atoms with Crippen molar-refractivity contribution in [1.82, 2.24) is 19.7 Å². The number of nitrogens with zero attached hydrogens (tertiary/aromatic N) is 3. The maximum atomic E-state index is 11.5. The first-order valence-corrected chi connectivity index (χ1v) is 9.95. The van der Waals surface area contributed by atoms with Gasteiger partial charge in [-0.1, -0.05) is 30.3 Å². The Labute approximate surface area is 170 Å². The van der Waals surface area contributed by atoms with E-state index in [9.17, 15) is 4.79 Å². The van der Waals surface area contributed by atoms with Crippen LogP contribution < -0.4 is 10.9 Å². The Balaban J connectivity index is 1.46. The Hall–Kier alpha value is -3.71. The van der Waals surface area contributed by atoms with Crippen molar-refractivity contribution in [3.05, 3.63) is 89.1 Å². The van der Waals surface area contributed by atoms with E-state index in [0.29, 0.717) is 0 Å². The van der Waals surface area contributed by atoms with Gasteiger partial charge in [-0.15, -0.1) is 11.3 Å². The number of H-pyrrole nitrogens is 1. The highest BCUT2D eigenvalue weighted by atomic mass is 32.1. The van der Waals surface area contributed by atoms with Crippen molar-refractivity contribution in [2.24, 2.45) is 0 Å². The molecule has 2 N–H and O–H groups in total. The van der Waals surface area contributed by atoms with Crippen LogP contribution >= 0.6 is 11.3 Å². The van der Waals surface area contributed by atoms with Gasteiger partial charge in [-0.25, -0.2) is 9.97 Å². The summed E-state index contributed by atoms with van der Waals surface area (Å²) in [5.41, 5.74) is 4.65. The summed E-state index contributed by atoms with van der Waals surface area (Å²) in [5.74, 6) is 0.778. The van der Waals surface area contributed by atoms with Crippen molar-refractivity contribution < 1.29 is 0 Å². The van der Waals surface area contributed by atoms with Crippen molar-refractivity contribution in [1.29, 1.82) is 0 Å². The van der Waals surface area contributed by atoms with E-state index in [-0.39, 0.29) is 5.56 Å². The van der Waals surface area contributed by atoms with E-state index in [4.69, 9.17) is 0 Å². The van der Waals surface area contributed by atoms with Crippen molar-refractivity contribution in [2.75, 3.05) is 5.32 Å². The molecule has 3 aromatic heterocycles. The number of aryl methyl sites for hydroxylation is 1. The molecule has 2 aromatic carbocycles. The highest BCUT2D eigenvalue weighted by Crippen LogP contribution is 2.36. The van der Waals surface area contributed by atoms with Crippen LogP contribution in [-0.4, -0.2) is 19.7 Å². The third-order valence-corrected chi connectivity index (χ3v) is 5.85. The maximum absolute atomic E-state index is 11.5. The molecule has 0 unspecified atom stereocenters. The average molecular weight is 399 g/mol. The van der Waals surface area contributed by atoms with Gasteiger partial charge in [-0.05, 0) is 42.8 Å². The molecule has 0 amide bonds. The van der Waals surface area contributed by atoms with E-state index in [1.54, 1.807) is 28.4 Å². The summed E-state index contributed by atoms with van der Waals surface area (Å²) in [4.78, 5) is 21.5. The average Bonchev–Trinajstić information content (AvgIpc) is 3.33. The molecular formula is C22H17N5OS. The second kappa shape index (κ2) is 7.03. The first kappa shape index (κ1) is 17.4. The van der Waals surface area contributed by atoms with E-state index in [0.717, 1.165) is 38.0 Å². The molecule has 3 heterocycles. The molecule has 142 valence electrons. The van der Waals surface area contributed by atoms with Crippen molar-refractivity contribution in [2.45, 2.75) is 6.92 Å². The van der Waals surface area contributed by atoms with E-state index in [2.05, 4.69) is 38.6 Å². The molecule has 0 saturated carbocycles. The van der Waals surface area contributed by atoms with Gasteiger partial charge in [-0.3, -0.25) is 14.6 Å². The molecule has 0 spiro atoms. The summed E-state index contributed by atoms with van der Waals surface area (Å²) in [6, 6.07) is 21.8. The van der Waals surface area contributed by atoms with Crippen LogP contribution in [-0.2, 0) is 0 Å². The van der Waals surface area contributed by atoms with Crippen LogP contribution in [0.5, 0.6) is 0 Å². The lowest BCUT2D eigenvalue weighted by molar-refractivity contribution is 0.834. The van der Waals surface area contributed by atoms with Gasteiger partial charge in [0.15, 0.2) is 5.82 Å². The summed E-state index contributed by atoms with van der Waals surface area (Å²) in [6.45, 7) is 1.89. The van der Waals surface area contributed by atoms with Crippen LogP contribution in [0.3, 0.4) is 0 Å². The summed E-state index contributed by atoms with van der Waals surface area (Å²) in [7, 11) is 0. The zero-order valence-corrected chi connectivity index (χ0v) is 16.4. The number of benzene rings is 2. The second-order valence-electron chi connectivity index (χ2n) is 6.68. The highest BCUT2D eigenvalue weighted by Gasteiger charge is 2.11.